The van der Waals surface area contributed by atoms with Crippen LogP contribution in [0.3, 0.4) is 0 Å². The molecule has 2 aliphatic rings. The topological polar surface area (TPSA) is 191 Å². The van der Waals surface area contributed by atoms with Crippen molar-refractivity contribution in [1.82, 2.24) is 20.9 Å². The number of hydrogen-bond acceptors (Lipinski definition) is 8. The summed E-state index contributed by atoms with van der Waals surface area (Å²) in [6.07, 6.45) is 1.28. The van der Waals surface area contributed by atoms with Gasteiger partial charge in [-0.05, 0) is 54.9 Å². The number of piperidine rings is 1. The number of aromatic hydroxyl groups is 1. The van der Waals surface area contributed by atoms with E-state index in [0.717, 1.165) is 11.1 Å². The smallest absolute Gasteiger partial charge is 0.326 e. The number of nitrogens with one attached hydrogen (secondary N) is 3. The van der Waals surface area contributed by atoms with Crippen molar-refractivity contribution in [2.75, 3.05) is 6.54 Å². The monoisotopic (exact) mass is 625 g/mol. The van der Waals surface area contributed by atoms with Gasteiger partial charge < -0.3 is 36.8 Å². The van der Waals surface area contributed by atoms with Gasteiger partial charge in [0.05, 0.1) is 23.2 Å². The van der Waals surface area contributed by atoms with Crippen LogP contribution in [-0.2, 0) is 30.4 Å². The number of fused-ring (bicyclic) bond motifs is 1. The molecule has 44 heavy (non-hydrogen) atoms. The van der Waals surface area contributed by atoms with E-state index in [9.17, 15) is 34.2 Å². The molecule has 0 aromatic heterocycles. The average Bonchev–Trinajstić information content (AvgIpc) is 3.39. The maximum absolute atomic E-state index is 13.8. The van der Waals surface area contributed by atoms with Gasteiger partial charge in [-0.25, -0.2) is 4.79 Å². The van der Waals surface area contributed by atoms with Crippen LogP contribution in [0.2, 0.25) is 0 Å². The van der Waals surface area contributed by atoms with Crippen molar-refractivity contribution >= 4 is 41.4 Å². The van der Waals surface area contributed by atoms with E-state index < -0.39 is 65.6 Å². The van der Waals surface area contributed by atoms with E-state index in [0.29, 0.717) is 12.8 Å². The Bertz CT molecular complexity index is 1360. The second kappa shape index (κ2) is 14.6. The number of nitrogens with two attached hydrogens (primary N) is 1. The van der Waals surface area contributed by atoms with Gasteiger partial charge in [-0.1, -0.05) is 56.3 Å². The number of benzene rings is 2. The molecule has 2 aliphatic heterocycles. The van der Waals surface area contributed by atoms with Crippen molar-refractivity contribution < 1.29 is 34.2 Å². The predicted octanol–water partition coefficient (Wildman–Crippen LogP) is 1.28. The fraction of sp³-hybridized carbons (Fsp3) is 0.452. The third kappa shape index (κ3) is 8.08. The lowest BCUT2D eigenvalue weighted by atomic mass is 9.97. The third-order valence-electron chi connectivity index (χ3n) is 7.66. The Kier molecular flexibility index (Phi) is 10.9. The Labute approximate surface area is 260 Å². The van der Waals surface area contributed by atoms with Crippen LogP contribution in [0.4, 0.5) is 0 Å². The number of carboxylic acids is 1. The summed E-state index contributed by atoms with van der Waals surface area (Å²) >= 11 is 1.48. The summed E-state index contributed by atoms with van der Waals surface area (Å²) in [6.45, 7) is 3.34. The number of carboxylic acid groups (broad SMARTS) is 1. The molecule has 4 rings (SSSR count). The lowest BCUT2D eigenvalue weighted by Crippen LogP contribution is -2.61. The standard InChI is InChI=1S/C31H39N5O7S/c1-17(2)14-23(31(42)43)35-29(40)26-27(19-6-4-3-5-7-19)44-25-13-12-22(30(41)36(25)26)34-24(38)16-33-28(39)21(32)15-18-8-10-20(37)11-9-18/h3-11,17,21-23,25-27,37H,12-16,32H2,1-2H3,(H,33,39)(H,34,38)(H,35,40)(H,42,43)/t21-,22-,23-,25+,26-,27-/m0/s1. The van der Waals surface area contributed by atoms with E-state index in [1.54, 1.807) is 12.1 Å². The minimum atomic E-state index is -1.15. The number of phenolic OH excluding ortho intramolecular Hbond substituents is 1. The van der Waals surface area contributed by atoms with Crippen molar-refractivity contribution in [3.63, 3.8) is 0 Å². The van der Waals surface area contributed by atoms with Crippen molar-refractivity contribution in [3.05, 3.63) is 65.7 Å². The first-order chi connectivity index (χ1) is 20.9. The van der Waals surface area contributed by atoms with Crippen LogP contribution in [-0.4, -0.2) is 80.8 Å². The molecule has 2 heterocycles. The van der Waals surface area contributed by atoms with E-state index in [4.69, 9.17) is 5.73 Å². The predicted molar refractivity (Wildman–Crippen MR) is 164 cm³/mol. The van der Waals surface area contributed by atoms with Gasteiger partial charge in [0.25, 0.3) is 0 Å². The second-order valence-corrected chi connectivity index (χ2v) is 12.9. The molecule has 0 radical (unpaired) electrons. The molecule has 2 aromatic carbocycles. The molecule has 0 aliphatic carbocycles. The van der Waals surface area contributed by atoms with Gasteiger partial charge in [-0.3, -0.25) is 19.2 Å². The quantitative estimate of drug-likeness (QED) is 0.202. The summed E-state index contributed by atoms with van der Waals surface area (Å²) in [6, 6.07) is 11.6. The highest BCUT2D eigenvalue weighted by Crippen LogP contribution is 2.49. The van der Waals surface area contributed by atoms with Crippen LogP contribution in [0.15, 0.2) is 54.6 Å². The van der Waals surface area contributed by atoms with Crippen LogP contribution >= 0.6 is 11.8 Å². The van der Waals surface area contributed by atoms with E-state index in [1.807, 2.05) is 44.2 Å². The summed E-state index contributed by atoms with van der Waals surface area (Å²) in [5, 5.41) is 26.2. The number of thioether (sulfide) groups is 1. The number of carbonyl (C=O) groups is 5. The fourth-order valence-electron chi connectivity index (χ4n) is 5.51. The van der Waals surface area contributed by atoms with Crippen LogP contribution < -0.4 is 21.7 Å². The molecule has 0 saturated carbocycles. The first-order valence-electron chi connectivity index (χ1n) is 14.6. The second-order valence-electron chi connectivity index (χ2n) is 11.5. The molecule has 2 saturated heterocycles. The Hall–Kier alpha value is -4.10. The molecule has 236 valence electrons. The fourth-order valence-corrected chi connectivity index (χ4v) is 7.20. The highest BCUT2D eigenvalue weighted by atomic mass is 32.2. The van der Waals surface area contributed by atoms with Gasteiger partial charge in [0.15, 0.2) is 0 Å². The van der Waals surface area contributed by atoms with E-state index in [1.165, 1.54) is 28.8 Å². The Morgan fingerprint density at radius 2 is 1.73 bits per heavy atom. The van der Waals surface area contributed by atoms with Gasteiger partial charge in [0, 0.05) is 0 Å². The highest BCUT2D eigenvalue weighted by molar-refractivity contribution is 8.00. The van der Waals surface area contributed by atoms with Crippen molar-refractivity contribution in [3.8, 4) is 5.75 Å². The van der Waals surface area contributed by atoms with Crippen LogP contribution in [0, 0.1) is 5.92 Å². The van der Waals surface area contributed by atoms with Gasteiger partial charge >= 0.3 is 5.97 Å². The number of nitrogens with zero attached hydrogens (tertiary/aromatic N) is 1. The maximum atomic E-state index is 13.8. The highest BCUT2D eigenvalue weighted by Gasteiger charge is 2.52. The summed E-state index contributed by atoms with van der Waals surface area (Å²) < 4.78 is 0. The number of aliphatic carboxylic acids is 1. The SMILES string of the molecule is CC(C)C[C@H](NC(=O)[C@@H]1[C@H](c2ccccc2)S[C@@H]2CC[C@H](NC(=O)CNC(=O)[C@@H](N)Cc3ccc(O)cc3)C(=O)N12)C(=O)O. The largest absolute Gasteiger partial charge is 0.508 e. The zero-order valence-corrected chi connectivity index (χ0v) is 25.5. The zero-order chi connectivity index (χ0) is 32.0. The van der Waals surface area contributed by atoms with E-state index in [-0.39, 0.29) is 29.9 Å². The Morgan fingerprint density at radius 3 is 2.36 bits per heavy atom. The summed E-state index contributed by atoms with van der Waals surface area (Å²) in [4.78, 5) is 66.1. The average molecular weight is 626 g/mol. The molecule has 2 aromatic rings. The van der Waals surface area contributed by atoms with Crippen molar-refractivity contribution in [2.24, 2.45) is 11.7 Å². The van der Waals surface area contributed by atoms with Gasteiger partial charge in [0.1, 0.15) is 23.9 Å². The molecule has 2 fully saturated rings. The van der Waals surface area contributed by atoms with Crippen LogP contribution in [0.5, 0.6) is 5.75 Å². The maximum Gasteiger partial charge on any atom is 0.326 e. The molecule has 7 N–H and O–H groups in total. The van der Waals surface area contributed by atoms with Crippen LogP contribution in [0.25, 0.3) is 0 Å². The lowest BCUT2D eigenvalue weighted by Gasteiger charge is -2.37. The van der Waals surface area contributed by atoms with E-state index in [2.05, 4.69) is 16.0 Å². The molecule has 0 unspecified atom stereocenters. The molecule has 6 atom stereocenters. The first-order valence-corrected chi connectivity index (χ1v) is 15.5. The molecule has 4 amide bonds. The van der Waals surface area contributed by atoms with Crippen molar-refractivity contribution in [2.45, 2.75) is 74.3 Å². The number of hydrogen-bond donors (Lipinski definition) is 6. The first kappa shape index (κ1) is 32.8. The lowest BCUT2D eigenvalue weighted by molar-refractivity contribution is -0.148. The van der Waals surface area contributed by atoms with Crippen LogP contribution in [0.1, 0.15) is 49.5 Å². The molecule has 0 bridgehead atoms. The number of amides is 4. The van der Waals surface area contributed by atoms with Gasteiger partial charge in [-0.2, -0.15) is 0 Å². The van der Waals surface area contributed by atoms with Gasteiger partial charge in [-0.15, -0.1) is 11.8 Å². The van der Waals surface area contributed by atoms with Crippen molar-refractivity contribution in [1.29, 1.82) is 0 Å². The number of phenols is 1. The molecular formula is C31H39N5O7S. The van der Waals surface area contributed by atoms with Gasteiger partial charge in [0.2, 0.25) is 23.6 Å². The zero-order valence-electron chi connectivity index (χ0n) is 24.6. The molecule has 12 nitrogen and oxygen atoms in total. The summed E-state index contributed by atoms with van der Waals surface area (Å²) in [5.41, 5.74) is 7.56. The summed E-state index contributed by atoms with van der Waals surface area (Å²) in [5.74, 6) is -3.16. The Morgan fingerprint density at radius 1 is 1.05 bits per heavy atom. The van der Waals surface area contributed by atoms with E-state index >= 15 is 0 Å². The molecule has 13 heteroatoms. The molecular weight excluding hydrogens is 586 g/mol. The Balaban J connectivity index is 1.42. The minimum Gasteiger partial charge on any atom is -0.508 e. The number of rotatable bonds is 12. The normalized spacial score (nSPS) is 22.5. The third-order valence-corrected chi connectivity index (χ3v) is 9.26. The molecule has 0 spiro atoms. The summed E-state index contributed by atoms with van der Waals surface area (Å²) in [7, 11) is 0. The number of carbonyl (C=O) groups excluding carboxylic acids is 4. The minimum absolute atomic E-state index is 0.0195.